The van der Waals surface area contributed by atoms with Crippen LogP contribution in [0.5, 0.6) is 5.75 Å². The molecule has 0 spiro atoms. The quantitative estimate of drug-likeness (QED) is 0.793. The second-order valence-corrected chi connectivity index (χ2v) is 3.03. The van der Waals surface area contributed by atoms with E-state index in [0.29, 0.717) is 5.75 Å². The number of aromatic nitrogens is 2. The van der Waals surface area contributed by atoms with E-state index in [-0.39, 0.29) is 16.8 Å². The summed E-state index contributed by atoms with van der Waals surface area (Å²) in [5.74, 6) is -0.0447. The van der Waals surface area contributed by atoms with E-state index in [2.05, 4.69) is 10.2 Å². The SMILES string of the molecule is COc1ccc(-c2nnc(Cl)o2)c(F)c1. The first-order valence-corrected chi connectivity index (χ1v) is 4.41. The van der Waals surface area contributed by atoms with E-state index in [1.54, 1.807) is 6.07 Å². The predicted octanol–water partition coefficient (Wildman–Crippen LogP) is 2.54. The molecule has 6 heteroatoms. The lowest BCUT2D eigenvalue weighted by molar-refractivity contribution is 0.411. The lowest BCUT2D eigenvalue weighted by Gasteiger charge is -2.01. The zero-order chi connectivity index (χ0) is 10.8. The van der Waals surface area contributed by atoms with Crippen LogP contribution in [0.15, 0.2) is 22.6 Å². The van der Waals surface area contributed by atoms with E-state index in [4.69, 9.17) is 20.8 Å². The maximum absolute atomic E-state index is 13.5. The van der Waals surface area contributed by atoms with Gasteiger partial charge in [-0.1, -0.05) is 5.10 Å². The van der Waals surface area contributed by atoms with Crippen LogP contribution in [0.2, 0.25) is 5.35 Å². The first-order chi connectivity index (χ1) is 7.20. The monoisotopic (exact) mass is 228 g/mol. The van der Waals surface area contributed by atoms with E-state index in [0.717, 1.165) is 0 Å². The van der Waals surface area contributed by atoms with Crippen molar-refractivity contribution >= 4 is 11.6 Å². The minimum atomic E-state index is -0.505. The molecule has 0 aliphatic rings. The van der Waals surface area contributed by atoms with Crippen molar-refractivity contribution in [2.75, 3.05) is 7.11 Å². The van der Waals surface area contributed by atoms with Gasteiger partial charge in [-0.25, -0.2) is 4.39 Å². The fourth-order valence-corrected chi connectivity index (χ4v) is 1.22. The number of ether oxygens (including phenoxy) is 1. The largest absolute Gasteiger partial charge is 0.497 e. The number of methoxy groups -OCH3 is 1. The molecule has 1 aromatic heterocycles. The van der Waals surface area contributed by atoms with E-state index >= 15 is 0 Å². The van der Waals surface area contributed by atoms with Gasteiger partial charge in [0, 0.05) is 6.07 Å². The van der Waals surface area contributed by atoms with Crippen LogP contribution in [0.25, 0.3) is 11.5 Å². The van der Waals surface area contributed by atoms with Crippen LogP contribution in [-0.4, -0.2) is 17.3 Å². The van der Waals surface area contributed by atoms with E-state index in [1.165, 1.54) is 19.2 Å². The highest BCUT2D eigenvalue weighted by atomic mass is 35.5. The zero-order valence-electron chi connectivity index (χ0n) is 7.70. The van der Waals surface area contributed by atoms with Crippen molar-refractivity contribution in [1.29, 1.82) is 0 Å². The molecule has 1 heterocycles. The Kier molecular flexibility index (Phi) is 2.55. The number of nitrogens with zero attached hydrogens (tertiary/aromatic N) is 2. The topological polar surface area (TPSA) is 48.2 Å². The average Bonchev–Trinajstić information content (AvgIpc) is 2.64. The number of hydrogen-bond acceptors (Lipinski definition) is 4. The third-order valence-corrected chi connectivity index (χ3v) is 1.96. The third kappa shape index (κ3) is 1.92. The molecule has 15 heavy (non-hydrogen) atoms. The summed E-state index contributed by atoms with van der Waals surface area (Å²) in [4.78, 5) is 0. The molecule has 2 rings (SSSR count). The van der Waals surface area contributed by atoms with Crippen molar-refractivity contribution < 1.29 is 13.5 Å². The van der Waals surface area contributed by atoms with Crippen LogP contribution in [0.3, 0.4) is 0 Å². The molecule has 0 unspecified atom stereocenters. The van der Waals surface area contributed by atoms with Crippen LogP contribution in [0, 0.1) is 5.82 Å². The average molecular weight is 229 g/mol. The Morgan fingerprint density at radius 3 is 2.73 bits per heavy atom. The summed E-state index contributed by atoms with van der Waals surface area (Å²) in [5, 5.41) is 6.88. The van der Waals surface area contributed by atoms with Gasteiger partial charge in [0.2, 0.25) is 0 Å². The molecule has 0 saturated heterocycles. The first kappa shape index (κ1) is 9.92. The summed E-state index contributed by atoms with van der Waals surface area (Å²) in [6, 6.07) is 4.31. The maximum atomic E-state index is 13.5. The molecule has 0 saturated carbocycles. The van der Waals surface area contributed by atoms with Gasteiger partial charge in [-0.3, -0.25) is 0 Å². The lowest BCUT2D eigenvalue weighted by atomic mass is 10.2. The highest BCUT2D eigenvalue weighted by Gasteiger charge is 2.12. The molecule has 1 aromatic carbocycles. The Morgan fingerprint density at radius 1 is 1.40 bits per heavy atom. The number of hydrogen-bond donors (Lipinski definition) is 0. The minimum absolute atomic E-state index is 0.0418. The summed E-state index contributed by atoms with van der Waals surface area (Å²) in [5.41, 5.74) is 0.190. The van der Waals surface area contributed by atoms with Crippen molar-refractivity contribution in [2.45, 2.75) is 0 Å². The summed E-state index contributed by atoms with van der Waals surface area (Å²) in [6.07, 6.45) is 0. The number of halogens is 2. The predicted molar refractivity (Wildman–Crippen MR) is 51.3 cm³/mol. The first-order valence-electron chi connectivity index (χ1n) is 4.03. The highest BCUT2D eigenvalue weighted by Crippen LogP contribution is 2.25. The molecule has 0 amide bonds. The third-order valence-electron chi connectivity index (χ3n) is 1.81. The normalized spacial score (nSPS) is 10.3. The molecule has 2 aromatic rings. The fraction of sp³-hybridized carbons (Fsp3) is 0.111. The van der Waals surface area contributed by atoms with Crippen LogP contribution in [-0.2, 0) is 0 Å². The molecule has 0 aliphatic carbocycles. The van der Waals surface area contributed by atoms with Crippen LogP contribution >= 0.6 is 11.6 Å². The minimum Gasteiger partial charge on any atom is -0.497 e. The summed E-state index contributed by atoms with van der Waals surface area (Å²) in [6.45, 7) is 0. The standard InChI is InChI=1S/C9H6ClFN2O2/c1-14-5-2-3-6(7(11)4-5)8-12-13-9(10)15-8/h2-4H,1H3. The van der Waals surface area contributed by atoms with Gasteiger partial charge in [-0.15, -0.1) is 5.10 Å². The summed E-state index contributed by atoms with van der Waals surface area (Å²) in [7, 11) is 1.46. The van der Waals surface area contributed by atoms with Gasteiger partial charge in [-0.2, -0.15) is 0 Å². The van der Waals surface area contributed by atoms with Gasteiger partial charge >= 0.3 is 5.35 Å². The Morgan fingerprint density at radius 2 is 2.20 bits per heavy atom. The van der Waals surface area contributed by atoms with E-state index in [1.807, 2.05) is 0 Å². The second-order valence-electron chi connectivity index (χ2n) is 2.71. The Bertz CT molecular complexity index is 487. The van der Waals surface area contributed by atoms with Crippen molar-refractivity contribution in [3.05, 3.63) is 29.4 Å². The second kappa shape index (κ2) is 3.86. The van der Waals surface area contributed by atoms with Crippen molar-refractivity contribution in [1.82, 2.24) is 10.2 Å². The smallest absolute Gasteiger partial charge is 0.313 e. The molecule has 0 bridgehead atoms. The molecule has 0 N–H and O–H groups in total. The Labute approximate surface area is 89.6 Å². The van der Waals surface area contributed by atoms with Gasteiger partial charge in [-0.05, 0) is 23.7 Å². The molecular formula is C9H6ClFN2O2. The summed E-state index contributed by atoms with van der Waals surface area (Å²) < 4.78 is 23.2. The van der Waals surface area contributed by atoms with Crippen LogP contribution in [0.4, 0.5) is 4.39 Å². The molecule has 0 atom stereocenters. The molecular weight excluding hydrogens is 223 g/mol. The van der Waals surface area contributed by atoms with Crippen molar-refractivity contribution in [2.24, 2.45) is 0 Å². The van der Waals surface area contributed by atoms with Crippen molar-refractivity contribution in [3.8, 4) is 17.2 Å². The number of benzene rings is 1. The van der Waals surface area contributed by atoms with Crippen LogP contribution < -0.4 is 4.74 Å². The molecule has 78 valence electrons. The maximum Gasteiger partial charge on any atom is 0.313 e. The van der Waals surface area contributed by atoms with Gasteiger partial charge < -0.3 is 9.15 Å². The Hall–Kier alpha value is -1.62. The summed E-state index contributed by atoms with van der Waals surface area (Å²) >= 11 is 5.43. The molecule has 0 radical (unpaired) electrons. The molecule has 4 nitrogen and oxygen atoms in total. The Balaban J connectivity index is 2.45. The lowest BCUT2D eigenvalue weighted by Crippen LogP contribution is -1.88. The van der Waals surface area contributed by atoms with Gasteiger partial charge in [0.25, 0.3) is 5.89 Å². The fourth-order valence-electron chi connectivity index (χ4n) is 1.11. The zero-order valence-corrected chi connectivity index (χ0v) is 8.45. The van der Waals surface area contributed by atoms with E-state index < -0.39 is 5.82 Å². The van der Waals surface area contributed by atoms with Gasteiger partial charge in [0.1, 0.15) is 11.6 Å². The van der Waals surface area contributed by atoms with Crippen LogP contribution in [0.1, 0.15) is 0 Å². The van der Waals surface area contributed by atoms with Gasteiger partial charge in [0.15, 0.2) is 0 Å². The van der Waals surface area contributed by atoms with E-state index in [9.17, 15) is 4.39 Å². The number of rotatable bonds is 2. The highest BCUT2D eigenvalue weighted by molar-refractivity contribution is 6.27. The van der Waals surface area contributed by atoms with Crippen molar-refractivity contribution in [3.63, 3.8) is 0 Å². The molecule has 0 fully saturated rings. The molecule has 0 aliphatic heterocycles. The van der Waals surface area contributed by atoms with Gasteiger partial charge in [0.05, 0.1) is 12.7 Å².